The fraction of sp³-hybridized carbons (Fsp3) is 0.588. The van der Waals surface area contributed by atoms with E-state index in [0.29, 0.717) is 25.3 Å². The lowest BCUT2D eigenvalue weighted by Crippen LogP contribution is -2.40. The average Bonchev–Trinajstić information content (AvgIpc) is 2.83. The molecule has 0 aromatic heterocycles. The highest BCUT2D eigenvalue weighted by molar-refractivity contribution is 5.74. The van der Waals surface area contributed by atoms with Gasteiger partial charge in [0, 0.05) is 30.6 Å². The molecular formula is C17H23F2NO2. The molecule has 0 aliphatic carbocycles. The number of benzene rings is 1. The Morgan fingerprint density at radius 3 is 2.55 bits per heavy atom. The van der Waals surface area contributed by atoms with Crippen molar-refractivity contribution in [3.05, 3.63) is 35.4 Å². The van der Waals surface area contributed by atoms with Gasteiger partial charge in [-0.2, -0.15) is 0 Å². The molecule has 2 atom stereocenters. The van der Waals surface area contributed by atoms with E-state index >= 15 is 0 Å². The number of ether oxygens (including phenoxy) is 1. The molecule has 122 valence electrons. The second-order valence-corrected chi connectivity index (χ2v) is 6.71. The molecule has 0 saturated carbocycles. The number of carbonyl (C=O) groups is 1. The van der Waals surface area contributed by atoms with Crippen LogP contribution in [0, 0.1) is 17.6 Å². The molecule has 0 radical (unpaired) electrons. The Balaban J connectivity index is 2.34. The van der Waals surface area contributed by atoms with E-state index in [2.05, 4.69) is 25.7 Å². The maximum Gasteiger partial charge on any atom is 0.310 e. The van der Waals surface area contributed by atoms with E-state index in [1.54, 1.807) is 6.92 Å². The molecule has 3 nitrogen and oxygen atoms in total. The molecule has 1 fully saturated rings. The van der Waals surface area contributed by atoms with Crippen LogP contribution in [0.1, 0.15) is 39.2 Å². The smallest absolute Gasteiger partial charge is 0.310 e. The molecular weight excluding hydrogens is 288 g/mol. The first kappa shape index (κ1) is 16.9. The zero-order valence-electron chi connectivity index (χ0n) is 13.5. The first-order chi connectivity index (χ1) is 10.2. The van der Waals surface area contributed by atoms with Gasteiger partial charge in [-0.25, -0.2) is 8.78 Å². The molecule has 2 rings (SSSR count). The molecule has 5 heteroatoms. The van der Waals surface area contributed by atoms with E-state index in [9.17, 15) is 13.6 Å². The summed E-state index contributed by atoms with van der Waals surface area (Å²) in [6.07, 6.45) is 0. The van der Waals surface area contributed by atoms with Gasteiger partial charge >= 0.3 is 5.97 Å². The number of carbonyl (C=O) groups excluding carboxylic acids is 1. The van der Waals surface area contributed by atoms with Gasteiger partial charge in [-0.05, 0) is 39.3 Å². The van der Waals surface area contributed by atoms with Crippen molar-refractivity contribution in [2.45, 2.75) is 39.2 Å². The Labute approximate surface area is 130 Å². The van der Waals surface area contributed by atoms with Gasteiger partial charge in [0.2, 0.25) is 0 Å². The molecule has 1 aliphatic heterocycles. The molecule has 1 aliphatic rings. The van der Waals surface area contributed by atoms with E-state index in [0.717, 1.165) is 6.07 Å². The summed E-state index contributed by atoms with van der Waals surface area (Å²) in [5.41, 5.74) is 0.252. The van der Waals surface area contributed by atoms with Crippen molar-refractivity contribution in [3.8, 4) is 0 Å². The monoisotopic (exact) mass is 311 g/mol. The highest BCUT2D eigenvalue weighted by Crippen LogP contribution is 2.38. The Hall–Kier alpha value is -1.49. The van der Waals surface area contributed by atoms with Crippen LogP contribution in [-0.2, 0) is 9.53 Å². The second-order valence-electron chi connectivity index (χ2n) is 6.71. The van der Waals surface area contributed by atoms with Gasteiger partial charge in [-0.15, -0.1) is 0 Å². The third-order valence-corrected chi connectivity index (χ3v) is 4.22. The zero-order chi connectivity index (χ0) is 16.5. The first-order valence-corrected chi connectivity index (χ1v) is 7.60. The average molecular weight is 311 g/mol. The quantitative estimate of drug-likeness (QED) is 0.802. The van der Waals surface area contributed by atoms with Gasteiger partial charge < -0.3 is 4.74 Å². The summed E-state index contributed by atoms with van der Waals surface area (Å²) in [6, 6.07) is 3.55. The van der Waals surface area contributed by atoms with Crippen LogP contribution in [0.25, 0.3) is 0 Å². The highest BCUT2D eigenvalue weighted by atomic mass is 19.1. The number of esters is 1. The summed E-state index contributed by atoms with van der Waals surface area (Å²) in [4.78, 5) is 14.4. The summed E-state index contributed by atoms with van der Waals surface area (Å²) in [5, 5.41) is 0. The second kappa shape index (κ2) is 6.32. The lowest BCUT2D eigenvalue weighted by molar-refractivity contribution is -0.148. The summed E-state index contributed by atoms with van der Waals surface area (Å²) in [6.45, 7) is 9.28. The third-order valence-electron chi connectivity index (χ3n) is 4.22. The van der Waals surface area contributed by atoms with Gasteiger partial charge in [0.05, 0.1) is 12.5 Å². The topological polar surface area (TPSA) is 29.5 Å². The molecule has 2 unspecified atom stereocenters. The largest absolute Gasteiger partial charge is 0.466 e. The predicted molar refractivity (Wildman–Crippen MR) is 80.5 cm³/mol. The number of hydrogen-bond acceptors (Lipinski definition) is 3. The summed E-state index contributed by atoms with van der Waals surface area (Å²) in [5.74, 6) is -2.28. The normalized spacial score (nSPS) is 22.8. The minimum Gasteiger partial charge on any atom is -0.466 e. The zero-order valence-corrected chi connectivity index (χ0v) is 13.5. The van der Waals surface area contributed by atoms with Gasteiger partial charge in [-0.3, -0.25) is 9.69 Å². The number of hydrogen-bond donors (Lipinski definition) is 0. The minimum atomic E-state index is -0.611. The fourth-order valence-electron chi connectivity index (χ4n) is 2.96. The number of likely N-dealkylation sites (tertiary alicyclic amines) is 1. The lowest BCUT2D eigenvalue weighted by Gasteiger charge is -2.31. The molecule has 0 N–H and O–H groups in total. The van der Waals surface area contributed by atoms with Crippen LogP contribution < -0.4 is 0 Å². The van der Waals surface area contributed by atoms with Crippen LogP contribution >= 0.6 is 0 Å². The van der Waals surface area contributed by atoms with Gasteiger partial charge in [-0.1, -0.05) is 6.07 Å². The Morgan fingerprint density at radius 1 is 1.32 bits per heavy atom. The predicted octanol–water partition coefficient (Wildman–Crippen LogP) is 3.34. The van der Waals surface area contributed by atoms with E-state index in [1.165, 1.54) is 12.1 Å². The standard InChI is InChI=1S/C17H23F2NO2/c1-5-22-16(21)14-10-20(17(2,3)4)9-13(14)12-7-6-11(18)8-15(12)19/h6-8,13-14H,5,9-10H2,1-4H3. The van der Waals surface area contributed by atoms with Gasteiger partial charge in [0.25, 0.3) is 0 Å². The minimum absolute atomic E-state index is 0.129. The van der Waals surface area contributed by atoms with Crippen LogP contribution in [0.5, 0.6) is 0 Å². The fourth-order valence-corrected chi connectivity index (χ4v) is 2.96. The summed E-state index contributed by atoms with van der Waals surface area (Å²) in [7, 11) is 0. The third kappa shape index (κ3) is 3.46. The molecule has 0 amide bonds. The maximum atomic E-state index is 14.1. The van der Waals surface area contributed by atoms with Crippen LogP contribution in [0.3, 0.4) is 0 Å². The molecule has 0 spiro atoms. The molecule has 22 heavy (non-hydrogen) atoms. The van der Waals surface area contributed by atoms with Crippen molar-refractivity contribution in [1.29, 1.82) is 0 Å². The van der Waals surface area contributed by atoms with Crippen LogP contribution in [0.2, 0.25) is 0 Å². The van der Waals surface area contributed by atoms with Crippen molar-refractivity contribution in [2.24, 2.45) is 5.92 Å². The summed E-state index contributed by atoms with van der Waals surface area (Å²) >= 11 is 0. The lowest BCUT2D eigenvalue weighted by atomic mass is 9.88. The summed E-state index contributed by atoms with van der Waals surface area (Å²) < 4.78 is 32.4. The van der Waals surface area contributed by atoms with Crippen molar-refractivity contribution < 1.29 is 18.3 Å². The van der Waals surface area contributed by atoms with E-state index in [-0.39, 0.29) is 17.4 Å². The maximum absolute atomic E-state index is 14.1. The van der Waals surface area contributed by atoms with Crippen LogP contribution in [0.4, 0.5) is 8.78 Å². The van der Waals surface area contributed by atoms with Gasteiger partial charge in [0.15, 0.2) is 0 Å². The van der Waals surface area contributed by atoms with Crippen molar-refractivity contribution in [2.75, 3.05) is 19.7 Å². The molecule has 1 heterocycles. The van der Waals surface area contributed by atoms with E-state index in [4.69, 9.17) is 4.74 Å². The Bertz CT molecular complexity index is 554. The van der Waals surface area contributed by atoms with E-state index in [1.807, 2.05) is 0 Å². The number of halogens is 2. The first-order valence-electron chi connectivity index (χ1n) is 7.60. The highest BCUT2D eigenvalue weighted by Gasteiger charge is 2.43. The van der Waals surface area contributed by atoms with E-state index < -0.39 is 17.6 Å². The molecule has 1 saturated heterocycles. The SMILES string of the molecule is CCOC(=O)C1CN(C(C)(C)C)CC1c1ccc(F)cc1F. The van der Waals surface area contributed by atoms with Crippen molar-refractivity contribution in [1.82, 2.24) is 4.90 Å². The molecule has 0 bridgehead atoms. The number of rotatable bonds is 3. The Morgan fingerprint density at radius 2 is 2.00 bits per heavy atom. The Kier molecular flexibility index (Phi) is 4.85. The van der Waals surface area contributed by atoms with Crippen LogP contribution in [-0.4, -0.2) is 36.1 Å². The number of nitrogens with zero attached hydrogens (tertiary/aromatic N) is 1. The van der Waals surface area contributed by atoms with Gasteiger partial charge in [0.1, 0.15) is 11.6 Å². The molecule has 1 aromatic carbocycles. The molecule has 1 aromatic rings. The van der Waals surface area contributed by atoms with Crippen LogP contribution in [0.15, 0.2) is 18.2 Å². The van der Waals surface area contributed by atoms with Crippen molar-refractivity contribution in [3.63, 3.8) is 0 Å². The van der Waals surface area contributed by atoms with Crippen molar-refractivity contribution >= 4 is 5.97 Å².